The van der Waals surface area contributed by atoms with Crippen molar-refractivity contribution in [1.82, 2.24) is 15.0 Å². The highest BCUT2D eigenvalue weighted by molar-refractivity contribution is 5.90. The maximum absolute atomic E-state index is 5.23. The van der Waals surface area contributed by atoms with Crippen LogP contribution in [0.3, 0.4) is 0 Å². The molecule has 4 saturated carbocycles. The summed E-state index contributed by atoms with van der Waals surface area (Å²) >= 11 is 0. The van der Waals surface area contributed by atoms with E-state index in [9.17, 15) is 0 Å². The first kappa shape index (κ1) is 33.7. The van der Waals surface area contributed by atoms with Crippen LogP contribution in [0.25, 0.3) is 78.7 Å². The number of hydrogen-bond acceptors (Lipinski definition) is 3. The third-order valence-electron chi connectivity index (χ3n) is 14.1. The van der Waals surface area contributed by atoms with Gasteiger partial charge >= 0.3 is 0 Å². The lowest BCUT2D eigenvalue weighted by Gasteiger charge is -2.61. The van der Waals surface area contributed by atoms with E-state index in [4.69, 9.17) is 15.0 Å². The minimum Gasteiger partial charge on any atom is -0.208 e. The van der Waals surface area contributed by atoms with Gasteiger partial charge in [-0.15, -0.1) is 0 Å². The molecule has 0 atom stereocenters. The van der Waals surface area contributed by atoms with E-state index in [-0.39, 0.29) is 5.41 Å². The van der Waals surface area contributed by atoms with Crippen LogP contribution < -0.4 is 0 Å². The van der Waals surface area contributed by atoms with Gasteiger partial charge in [0, 0.05) is 22.1 Å². The van der Waals surface area contributed by atoms with Gasteiger partial charge in [-0.05, 0) is 136 Å². The molecule has 0 amide bonds. The van der Waals surface area contributed by atoms with Gasteiger partial charge in [0.1, 0.15) is 0 Å². The molecule has 13 rings (SSSR count). The van der Waals surface area contributed by atoms with Gasteiger partial charge in [-0.1, -0.05) is 152 Å². The predicted molar refractivity (Wildman–Crippen MR) is 236 cm³/mol. The molecule has 3 nitrogen and oxygen atoms in total. The highest BCUT2D eigenvalue weighted by Gasteiger charge is 2.61. The highest BCUT2D eigenvalue weighted by Crippen LogP contribution is 2.69. The van der Waals surface area contributed by atoms with Crippen LogP contribution in [0.5, 0.6) is 0 Å². The first-order valence-corrected chi connectivity index (χ1v) is 21.1. The minimum absolute atomic E-state index is 0.0963. The Morgan fingerprint density at radius 3 is 1.36 bits per heavy atom. The molecule has 0 N–H and O–H groups in total. The molecule has 4 bridgehead atoms. The number of fused-ring (bicyclic) bond motifs is 3. The van der Waals surface area contributed by atoms with Gasteiger partial charge in [0.15, 0.2) is 17.5 Å². The van der Waals surface area contributed by atoms with Crippen molar-refractivity contribution >= 4 is 0 Å². The SMILES string of the molecule is c1ccc(-c2nc(-c3ccccc3)nc(-c3cc(-c4ccc5c(c4)C4(c6ccccc6-5)C5CC6CC(C5)CC4C6)cc(-c4ccccc4-c4ccccc4)c3)n2)cc1. The topological polar surface area (TPSA) is 38.7 Å². The van der Waals surface area contributed by atoms with Crippen molar-refractivity contribution in [2.24, 2.45) is 23.7 Å². The van der Waals surface area contributed by atoms with Gasteiger partial charge in [-0.3, -0.25) is 0 Å². The fraction of sp³-hybridized carbons (Fsp3) is 0.182. The quantitative estimate of drug-likeness (QED) is 0.170. The van der Waals surface area contributed by atoms with Crippen molar-refractivity contribution in [3.05, 3.63) is 187 Å². The predicted octanol–water partition coefficient (Wildman–Crippen LogP) is 13.6. The van der Waals surface area contributed by atoms with E-state index in [1.807, 2.05) is 36.4 Å². The van der Waals surface area contributed by atoms with Crippen LogP contribution in [0.2, 0.25) is 0 Å². The van der Waals surface area contributed by atoms with Crippen LogP contribution in [-0.4, -0.2) is 15.0 Å². The van der Waals surface area contributed by atoms with Gasteiger partial charge in [0.2, 0.25) is 0 Å². The third kappa shape index (κ3) is 5.29. The summed E-state index contributed by atoms with van der Waals surface area (Å²) in [4.78, 5) is 15.5. The van der Waals surface area contributed by atoms with Crippen molar-refractivity contribution in [3.8, 4) is 78.7 Å². The first-order chi connectivity index (χ1) is 28.7. The molecule has 0 radical (unpaired) electrons. The Hall–Kier alpha value is -6.45. The zero-order valence-corrected chi connectivity index (χ0v) is 32.4. The average molecular weight is 746 g/mol. The smallest absolute Gasteiger partial charge is 0.164 e. The average Bonchev–Trinajstić information content (AvgIpc) is 3.58. The molecule has 1 aromatic heterocycles. The Balaban J connectivity index is 1.08. The number of nitrogens with zero attached hydrogens (tertiary/aromatic N) is 3. The zero-order valence-electron chi connectivity index (χ0n) is 32.4. The summed E-state index contributed by atoms with van der Waals surface area (Å²) in [6, 6.07) is 63.9. The van der Waals surface area contributed by atoms with Crippen molar-refractivity contribution in [1.29, 1.82) is 0 Å². The second-order valence-corrected chi connectivity index (χ2v) is 17.2. The Morgan fingerprint density at radius 2 is 0.759 bits per heavy atom. The molecule has 8 aromatic rings. The summed E-state index contributed by atoms with van der Waals surface area (Å²) < 4.78 is 0. The van der Waals surface area contributed by atoms with E-state index in [2.05, 4.69) is 140 Å². The van der Waals surface area contributed by atoms with Gasteiger partial charge in [-0.2, -0.15) is 0 Å². The number of benzene rings is 7. The zero-order chi connectivity index (χ0) is 38.2. The van der Waals surface area contributed by atoms with Crippen LogP contribution >= 0.6 is 0 Å². The molecule has 0 saturated heterocycles. The fourth-order valence-corrected chi connectivity index (χ4v) is 12.0. The lowest BCUT2D eigenvalue weighted by molar-refractivity contribution is -0.0399. The third-order valence-corrected chi connectivity index (χ3v) is 14.1. The van der Waals surface area contributed by atoms with Gasteiger partial charge in [-0.25, -0.2) is 15.0 Å². The molecule has 58 heavy (non-hydrogen) atoms. The van der Waals surface area contributed by atoms with E-state index in [1.165, 1.54) is 71.0 Å². The maximum atomic E-state index is 5.23. The number of rotatable bonds is 6. The lowest BCUT2D eigenvalue weighted by atomic mass is 9.43. The normalized spacial score (nSPS) is 22.2. The Bertz CT molecular complexity index is 2760. The Labute approximate surface area is 340 Å². The van der Waals surface area contributed by atoms with Crippen LogP contribution in [0.15, 0.2) is 176 Å². The van der Waals surface area contributed by atoms with Crippen LogP contribution in [0.1, 0.15) is 43.2 Å². The molecular formula is C55H43N3. The lowest BCUT2D eigenvalue weighted by Crippen LogP contribution is -2.55. The molecule has 0 unspecified atom stereocenters. The highest BCUT2D eigenvalue weighted by atomic mass is 15.0. The van der Waals surface area contributed by atoms with Crippen LogP contribution in [-0.2, 0) is 5.41 Å². The van der Waals surface area contributed by atoms with E-state index in [1.54, 1.807) is 11.1 Å². The van der Waals surface area contributed by atoms with Crippen molar-refractivity contribution in [2.45, 2.75) is 37.5 Å². The molecule has 3 heteroatoms. The van der Waals surface area contributed by atoms with Crippen molar-refractivity contribution in [3.63, 3.8) is 0 Å². The van der Waals surface area contributed by atoms with Gasteiger partial charge in [0.25, 0.3) is 0 Å². The molecule has 7 aromatic carbocycles. The monoisotopic (exact) mass is 745 g/mol. The summed E-state index contributed by atoms with van der Waals surface area (Å²) in [6.45, 7) is 0. The number of hydrogen-bond donors (Lipinski definition) is 0. The summed E-state index contributed by atoms with van der Waals surface area (Å²) in [7, 11) is 0. The first-order valence-electron chi connectivity index (χ1n) is 21.1. The Kier molecular flexibility index (Phi) is 7.73. The molecule has 5 aliphatic rings. The second-order valence-electron chi connectivity index (χ2n) is 17.2. The van der Waals surface area contributed by atoms with E-state index >= 15 is 0 Å². The summed E-state index contributed by atoms with van der Waals surface area (Å²) in [5, 5.41) is 0. The van der Waals surface area contributed by atoms with E-state index < -0.39 is 0 Å². The van der Waals surface area contributed by atoms with E-state index in [0.717, 1.165) is 34.1 Å². The standard InChI is InChI=1S/C55H43N3/c1-4-14-37(15-5-1)46-20-10-11-21-47(46)42-31-41(32-43(33-42)54-57-52(38-16-6-2-7-17-38)56-53(58-54)39-18-8-3-9-19-39)40-24-25-49-48-22-12-13-23-50(48)55(51(49)34-40)44-27-35-26-36(29-44)30-45(55)28-35/h1-25,31-36,44-45H,26-30H2. The second kappa shape index (κ2) is 13.3. The summed E-state index contributed by atoms with van der Waals surface area (Å²) in [5.74, 6) is 5.22. The molecule has 5 aliphatic carbocycles. The molecule has 1 spiro atoms. The van der Waals surface area contributed by atoms with Gasteiger partial charge < -0.3 is 0 Å². The van der Waals surface area contributed by atoms with Gasteiger partial charge in [0.05, 0.1) is 0 Å². The molecular weight excluding hydrogens is 703 g/mol. The maximum Gasteiger partial charge on any atom is 0.164 e. The van der Waals surface area contributed by atoms with Crippen LogP contribution in [0.4, 0.5) is 0 Å². The Morgan fingerprint density at radius 1 is 0.310 bits per heavy atom. The largest absolute Gasteiger partial charge is 0.208 e. The van der Waals surface area contributed by atoms with E-state index in [0.29, 0.717) is 29.3 Å². The van der Waals surface area contributed by atoms with Crippen molar-refractivity contribution in [2.75, 3.05) is 0 Å². The molecule has 0 aliphatic heterocycles. The summed E-state index contributed by atoms with van der Waals surface area (Å²) in [6.07, 6.45) is 6.93. The molecule has 4 fully saturated rings. The summed E-state index contributed by atoms with van der Waals surface area (Å²) in [5.41, 5.74) is 16.2. The number of aromatic nitrogens is 3. The molecule has 1 heterocycles. The fourth-order valence-electron chi connectivity index (χ4n) is 12.0. The minimum atomic E-state index is 0.0963. The molecule has 278 valence electrons. The van der Waals surface area contributed by atoms with Crippen molar-refractivity contribution < 1.29 is 0 Å². The van der Waals surface area contributed by atoms with Crippen LogP contribution in [0, 0.1) is 23.7 Å².